The molecule has 0 aliphatic heterocycles. The summed E-state index contributed by atoms with van der Waals surface area (Å²) >= 11 is 0. The van der Waals surface area contributed by atoms with Crippen molar-refractivity contribution in [3.63, 3.8) is 0 Å². The number of pyridine rings is 1. The molecule has 5 nitrogen and oxygen atoms in total. The van der Waals surface area contributed by atoms with Crippen LogP contribution in [0.15, 0.2) is 36.5 Å². The summed E-state index contributed by atoms with van der Waals surface area (Å²) in [6, 6.07) is 10.1. The van der Waals surface area contributed by atoms with Crippen molar-refractivity contribution >= 4 is 16.9 Å². The predicted molar refractivity (Wildman–Crippen MR) is 109 cm³/mol. The number of benzene rings is 1. The minimum Gasteiger partial charge on any atom is -0.367 e. The van der Waals surface area contributed by atoms with E-state index in [1.807, 2.05) is 18.2 Å². The van der Waals surface area contributed by atoms with Gasteiger partial charge in [0.2, 0.25) is 0 Å². The predicted octanol–water partition coefficient (Wildman–Crippen LogP) is 4.06. The van der Waals surface area contributed by atoms with E-state index in [9.17, 15) is 0 Å². The highest BCUT2D eigenvalue weighted by Crippen LogP contribution is 2.26. The smallest absolute Gasteiger partial charge is 0.155 e. The van der Waals surface area contributed by atoms with Crippen LogP contribution in [0.2, 0.25) is 0 Å². The number of nitrogens with zero attached hydrogens (tertiary/aromatic N) is 4. The first-order chi connectivity index (χ1) is 12.6. The molecule has 2 heterocycles. The van der Waals surface area contributed by atoms with Gasteiger partial charge in [-0.05, 0) is 62.3 Å². The number of nitrogens with one attached hydrogen (secondary N) is 1. The molecule has 0 spiro atoms. The lowest BCUT2D eigenvalue weighted by molar-refractivity contribution is 0.316. The van der Waals surface area contributed by atoms with E-state index in [0.29, 0.717) is 0 Å². The van der Waals surface area contributed by atoms with E-state index < -0.39 is 0 Å². The summed E-state index contributed by atoms with van der Waals surface area (Å²) in [6.07, 6.45) is 1.79. The highest BCUT2D eigenvalue weighted by molar-refractivity contribution is 5.83. The lowest BCUT2D eigenvalue weighted by Gasteiger charge is -2.19. The van der Waals surface area contributed by atoms with Crippen molar-refractivity contribution in [3.8, 4) is 11.4 Å². The summed E-state index contributed by atoms with van der Waals surface area (Å²) in [7, 11) is 0. The first kappa shape index (κ1) is 18.3. The van der Waals surface area contributed by atoms with Gasteiger partial charge in [-0.15, -0.1) is 0 Å². The van der Waals surface area contributed by atoms with Crippen LogP contribution in [0.5, 0.6) is 0 Å². The fourth-order valence-corrected chi connectivity index (χ4v) is 2.99. The van der Waals surface area contributed by atoms with Crippen molar-refractivity contribution in [2.24, 2.45) is 0 Å². The quantitative estimate of drug-likeness (QED) is 0.697. The minimum atomic E-state index is 0.798. The first-order valence-electron chi connectivity index (χ1n) is 9.29. The van der Waals surface area contributed by atoms with Crippen LogP contribution in [-0.4, -0.2) is 46.0 Å². The van der Waals surface area contributed by atoms with Crippen molar-refractivity contribution in [2.75, 3.05) is 31.5 Å². The Morgan fingerprint density at radius 3 is 2.27 bits per heavy atom. The molecule has 0 amide bonds. The van der Waals surface area contributed by atoms with Gasteiger partial charge in [0.1, 0.15) is 5.69 Å². The average molecular weight is 349 g/mol. The standard InChI is InChI=1S/C21H27N5/c1-5-26(6-2)12-11-23-21-20(17-9-7-8-10-22-17)24-18-13-15(3)16(4)14-19(18)25-21/h7-10,13-14H,5-6,11-12H2,1-4H3,(H,23,25). The van der Waals surface area contributed by atoms with Crippen LogP contribution in [0.3, 0.4) is 0 Å². The van der Waals surface area contributed by atoms with Gasteiger partial charge < -0.3 is 10.2 Å². The number of anilines is 1. The van der Waals surface area contributed by atoms with Crippen molar-refractivity contribution < 1.29 is 0 Å². The van der Waals surface area contributed by atoms with E-state index in [4.69, 9.17) is 9.97 Å². The summed E-state index contributed by atoms with van der Waals surface area (Å²) < 4.78 is 0. The summed E-state index contributed by atoms with van der Waals surface area (Å²) in [5.41, 5.74) is 5.92. The van der Waals surface area contributed by atoms with Crippen molar-refractivity contribution in [1.82, 2.24) is 19.9 Å². The molecule has 3 rings (SSSR count). The molecule has 0 saturated carbocycles. The van der Waals surface area contributed by atoms with Gasteiger partial charge in [-0.2, -0.15) is 0 Å². The summed E-state index contributed by atoms with van der Waals surface area (Å²) in [4.78, 5) is 16.6. The van der Waals surface area contributed by atoms with Crippen LogP contribution >= 0.6 is 0 Å². The van der Waals surface area contributed by atoms with Gasteiger partial charge in [-0.3, -0.25) is 4.98 Å². The van der Waals surface area contributed by atoms with Crippen LogP contribution in [0.4, 0.5) is 5.82 Å². The first-order valence-corrected chi connectivity index (χ1v) is 9.29. The SMILES string of the molecule is CCN(CC)CCNc1nc2cc(C)c(C)cc2nc1-c1ccccn1. The average Bonchev–Trinajstić information content (AvgIpc) is 2.66. The molecule has 2 aromatic heterocycles. The number of aromatic nitrogens is 3. The molecular weight excluding hydrogens is 322 g/mol. The molecule has 0 aliphatic rings. The number of likely N-dealkylation sites (N-methyl/N-ethyl adjacent to an activating group) is 1. The van der Waals surface area contributed by atoms with E-state index in [0.717, 1.165) is 54.4 Å². The molecule has 1 N–H and O–H groups in total. The number of rotatable bonds is 7. The van der Waals surface area contributed by atoms with Gasteiger partial charge in [-0.1, -0.05) is 19.9 Å². The number of fused-ring (bicyclic) bond motifs is 1. The third-order valence-corrected chi connectivity index (χ3v) is 4.80. The van der Waals surface area contributed by atoms with Crippen molar-refractivity contribution in [1.29, 1.82) is 0 Å². The molecule has 0 unspecified atom stereocenters. The second kappa shape index (κ2) is 8.23. The Bertz CT molecular complexity index is 872. The molecule has 0 aliphatic carbocycles. The molecule has 26 heavy (non-hydrogen) atoms. The third-order valence-electron chi connectivity index (χ3n) is 4.80. The van der Waals surface area contributed by atoms with Crippen molar-refractivity contribution in [2.45, 2.75) is 27.7 Å². The fourth-order valence-electron chi connectivity index (χ4n) is 2.99. The summed E-state index contributed by atoms with van der Waals surface area (Å²) in [5, 5.41) is 3.48. The van der Waals surface area contributed by atoms with Gasteiger partial charge in [0.25, 0.3) is 0 Å². The van der Waals surface area contributed by atoms with Gasteiger partial charge in [0, 0.05) is 19.3 Å². The van der Waals surface area contributed by atoms with E-state index in [2.05, 4.69) is 55.0 Å². The third kappa shape index (κ3) is 3.99. The normalized spacial score (nSPS) is 11.3. The molecule has 0 atom stereocenters. The Kier molecular flexibility index (Phi) is 5.78. The van der Waals surface area contributed by atoms with Gasteiger partial charge in [0.15, 0.2) is 5.82 Å². The van der Waals surface area contributed by atoms with Gasteiger partial charge in [0.05, 0.1) is 16.7 Å². The van der Waals surface area contributed by atoms with Crippen molar-refractivity contribution in [3.05, 3.63) is 47.7 Å². The van der Waals surface area contributed by atoms with Crippen LogP contribution in [0.25, 0.3) is 22.4 Å². The molecular formula is C21H27N5. The van der Waals surface area contributed by atoms with Crippen LogP contribution < -0.4 is 5.32 Å². The summed E-state index contributed by atoms with van der Waals surface area (Å²) in [6.45, 7) is 12.5. The second-order valence-electron chi connectivity index (χ2n) is 6.51. The zero-order chi connectivity index (χ0) is 18.5. The fraction of sp³-hybridized carbons (Fsp3) is 0.381. The molecule has 0 fully saturated rings. The Balaban J connectivity index is 1.99. The highest BCUT2D eigenvalue weighted by Gasteiger charge is 2.13. The topological polar surface area (TPSA) is 53.9 Å². The molecule has 1 aromatic carbocycles. The Morgan fingerprint density at radius 1 is 0.962 bits per heavy atom. The minimum absolute atomic E-state index is 0.798. The Hall–Kier alpha value is -2.53. The van der Waals surface area contributed by atoms with E-state index in [1.54, 1.807) is 6.20 Å². The summed E-state index contributed by atoms with van der Waals surface area (Å²) in [5.74, 6) is 0.798. The maximum absolute atomic E-state index is 4.88. The largest absolute Gasteiger partial charge is 0.367 e. The highest BCUT2D eigenvalue weighted by atomic mass is 15.1. The maximum Gasteiger partial charge on any atom is 0.155 e. The van der Waals surface area contributed by atoms with Crippen LogP contribution in [0, 0.1) is 13.8 Å². The molecule has 136 valence electrons. The number of aryl methyl sites for hydroxylation is 2. The van der Waals surface area contributed by atoms with E-state index >= 15 is 0 Å². The van der Waals surface area contributed by atoms with E-state index in [1.165, 1.54) is 11.1 Å². The molecule has 5 heteroatoms. The number of hydrogen-bond donors (Lipinski definition) is 1. The van der Waals surface area contributed by atoms with Gasteiger partial charge in [-0.25, -0.2) is 9.97 Å². The Labute approximate surface area is 155 Å². The maximum atomic E-state index is 4.88. The van der Waals surface area contributed by atoms with Crippen LogP contribution in [0.1, 0.15) is 25.0 Å². The number of hydrogen-bond acceptors (Lipinski definition) is 5. The monoisotopic (exact) mass is 349 g/mol. The lowest BCUT2D eigenvalue weighted by Crippen LogP contribution is -2.29. The zero-order valence-corrected chi connectivity index (χ0v) is 16.1. The van der Waals surface area contributed by atoms with E-state index in [-0.39, 0.29) is 0 Å². The zero-order valence-electron chi connectivity index (χ0n) is 16.1. The lowest BCUT2D eigenvalue weighted by atomic mass is 10.1. The van der Waals surface area contributed by atoms with Crippen LogP contribution in [-0.2, 0) is 0 Å². The molecule has 0 saturated heterocycles. The molecule has 0 radical (unpaired) electrons. The molecule has 3 aromatic rings. The second-order valence-corrected chi connectivity index (χ2v) is 6.51. The Morgan fingerprint density at radius 2 is 1.65 bits per heavy atom. The molecule has 0 bridgehead atoms. The van der Waals surface area contributed by atoms with Gasteiger partial charge >= 0.3 is 0 Å².